The Kier molecular flexibility index (Phi) is 6.27. The van der Waals surface area contributed by atoms with Crippen LogP contribution in [-0.2, 0) is 10.0 Å². The molecule has 0 aromatic heterocycles. The summed E-state index contributed by atoms with van der Waals surface area (Å²) in [6, 6.07) is 25.9. The second-order valence-corrected chi connectivity index (χ2v) is 8.15. The van der Waals surface area contributed by atoms with Crippen LogP contribution in [0.2, 0.25) is 0 Å². The highest BCUT2D eigenvalue weighted by Crippen LogP contribution is 2.23. The minimum atomic E-state index is -3.53. The van der Waals surface area contributed by atoms with E-state index in [4.69, 9.17) is 4.74 Å². The molecule has 1 atom stereocenters. The fourth-order valence-corrected chi connectivity index (χ4v) is 3.80. The Balaban J connectivity index is 1.56. The van der Waals surface area contributed by atoms with E-state index in [2.05, 4.69) is 23.8 Å². The normalized spacial score (nSPS) is 12.5. The van der Waals surface area contributed by atoms with E-state index in [1.165, 1.54) is 5.56 Å². The van der Waals surface area contributed by atoms with Crippen LogP contribution < -0.4 is 9.46 Å². The lowest BCUT2D eigenvalue weighted by atomic mass is 9.98. The highest BCUT2D eigenvalue weighted by Gasteiger charge is 2.14. The van der Waals surface area contributed by atoms with Crippen LogP contribution in [0.4, 0.5) is 0 Å². The number of nitrogens with one attached hydrogen (secondary N) is 1. The van der Waals surface area contributed by atoms with Gasteiger partial charge in [0.1, 0.15) is 11.5 Å². The van der Waals surface area contributed by atoms with E-state index in [1.54, 1.807) is 24.3 Å². The Hall–Kier alpha value is -2.63. The van der Waals surface area contributed by atoms with Crippen LogP contribution in [0.15, 0.2) is 89.8 Å². The lowest BCUT2D eigenvalue weighted by molar-refractivity contribution is 0.482. The third-order valence-electron chi connectivity index (χ3n) is 4.35. The molecule has 27 heavy (non-hydrogen) atoms. The minimum Gasteiger partial charge on any atom is -0.457 e. The molecule has 0 aliphatic rings. The Morgan fingerprint density at radius 2 is 1.37 bits per heavy atom. The number of sulfonamides is 1. The van der Waals surface area contributed by atoms with Gasteiger partial charge in [0.05, 0.1) is 4.90 Å². The van der Waals surface area contributed by atoms with Crippen LogP contribution in [-0.4, -0.2) is 15.0 Å². The number of hydrogen-bond acceptors (Lipinski definition) is 3. The van der Waals surface area contributed by atoms with Crippen LogP contribution in [0.1, 0.15) is 24.8 Å². The third-order valence-corrected chi connectivity index (χ3v) is 5.83. The Morgan fingerprint density at radius 1 is 0.815 bits per heavy atom. The molecule has 0 spiro atoms. The van der Waals surface area contributed by atoms with Crippen molar-refractivity contribution in [3.05, 3.63) is 90.5 Å². The molecule has 140 valence electrons. The van der Waals surface area contributed by atoms with Crippen molar-refractivity contribution in [3.63, 3.8) is 0 Å². The van der Waals surface area contributed by atoms with Gasteiger partial charge >= 0.3 is 0 Å². The predicted molar refractivity (Wildman–Crippen MR) is 108 cm³/mol. The van der Waals surface area contributed by atoms with Crippen molar-refractivity contribution >= 4 is 10.0 Å². The molecule has 0 saturated heterocycles. The van der Waals surface area contributed by atoms with Crippen molar-refractivity contribution in [3.8, 4) is 11.5 Å². The Morgan fingerprint density at radius 3 is 2.00 bits per heavy atom. The zero-order valence-electron chi connectivity index (χ0n) is 15.2. The Bertz CT molecular complexity index is 940. The predicted octanol–water partition coefficient (Wildman–Crippen LogP) is 4.95. The topological polar surface area (TPSA) is 55.4 Å². The molecule has 4 nitrogen and oxygen atoms in total. The molecule has 0 saturated carbocycles. The van der Waals surface area contributed by atoms with Crippen LogP contribution >= 0.6 is 0 Å². The van der Waals surface area contributed by atoms with Crippen molar-refractivity contribution in [1.29, 1.82) is 0 Å². The van der Waals surface area contributed by atoms with Gasteiger partial charge in [0.2, 0.25) is 10.0 Å². The van der Waals surface area contributed by atoms with Gasteiger partial charge < -0.3 is 4.74 Å². The molecule has 0 amide bonds. The van der Waals surface area contributed by atoms with Crippen molar-refractivity contribution in [2.45, 2.75) is 24.2 Å². The summed E-state index contributed by atoms with van der Waals surface area (Å²) in [6.45, 7) is 2.49. The molecule has 3 aromatic carbocycles. The van der Waals surface area contributed by atoms with E-state index >= 15 is 0 Å². The maximum atomic E-state index is 12.5. The van der Waals surface area contributed by atoms with Crippen molar-refractivity contribution < 1.29 is 13.2 Å². The van der Waals surface area contributed by atoms with E-state index in [-0.39, 0.29) is 10.8 Å². The SMILES string of the molecule is CC(CCNS(=O)(=O)c1ccc(Oc2ccccc2)cc1)c1ccccc1. The zero-order valence-corrected chi connectivity index (χ0v) is 16.0. The molecular formula is C22H23NO3S. The molecule has 0 fully saturated rings. The number of ether oxygens (including phenoxy) is 1. The Labute approximate surface area is 160 Å². The quantitative estimate of drug-likeness (QED) is 0.600. The molecule has 5 heteroatoms. The standard InChI is InChI=1S/C22H23NO3S/c1-18(19-8-4-2-5-9-19)16-17-23-27(24,25)22-14-12-21(13-15-22)26-20-10-6-3-7-11-20/h2-15,18,23H,16-17H2,1H3. The van der Waals surface area contributed by atoms with Crippen LogP contribution in [0.3, 0.4) is 0 Å². The molecule has 0 aliphatic carbocycles. The number of hydrogen-bond donors (Lipinski definition) is 1. The van der Waals surface area contributed by atoms with Crippen molar-refractivity contribution in [2.75, 3.05) is 6.54 Å². The number of para-hydroxylation sites is 1. The zero-order chi connectivity index (χ0) is 19.1. The maximum Gasteiger partial charge on any atom is 0.240 e. The summed E-state index contributed by atoms with van der Waals surface area (Å²) in [6.07, 6.45) is 0.735. The van der Waals surface area contributed by atoms with Gasteiger partial charge in [-0.2, -0.15) is 0 Å². The summed E-state index contributed by atoms with van der Waals surface area (Å²) in [5.41, 5.74) is 1.21. The lowest BCUT2D eigenvalue weighted by Gasteiger charge is -2.13. The first kappa shape index (κ1) is 19.1. The second kappa shape index (κ2) is 8.84. The summed E-state index contributed by atoms with van der Waals surface area (Å²) in [5, 5.41) is 0. The molecule has 3 rings (SSSR count). The molecule has 1 N–H and O–H groups in total. The van der Waals surface area contributed by atoms with Crippen molar-refractivity contribution in [1.82, 2.24) is 4.72 Å². The van der Waals surface area contributed by atoms with E-state index < -0.39 is 10.0 Å². The first-order chi connectivity index (χ1) is 13.0. The van der Waals surface area contributed by atoms with Gasteiger partial charge in [0.15, 0.2) is 0 Å². The fourth-order valence-electron chi connectivity index (χ4n) is 2.75. The number of rotatable bonds is 8. The van der Waals surface area contributed by atoms with Gasteiger partial charge in [0.25, 0.3) is 0 Å². The smallest absolute Gasteiger partial charge is 0.240 e. The fraction of sp³-hybridized carbons (Fsp3) is 0.182. The molecular weight excluding hydrogens is 358 g/mol. The summed E-state index contributed by atoms with van der Waals surface area (Å²) in [5.74, 6) is 1.59. The number of benzene rings is 3. The van der Waals surface area contributed by atoms with Gasteiger partial charge in [-0.3, -0.25) is 0 Å². The molecule has 3 aromatic rings. The average Bonchev–Trinajstić information content (AvgIpc) is 2.70. The summed E-state index contributed by atoms with van der Waals surface area (Å²) in [4.78, 5) is 0.232. The van der Waals surface area contributed by atoms with E-state index in [9.17, 15) is 8.42 Å². The van der Waals surface area contributed by atoms with Gasteiger partial charge in [-0.25, -0.2) is 13.1 Å². The van der Waals surface area contributed by atoms with Crippen molar-refractivity contribution in [2.24, 2.45) is 0 Å². The monoisotopic (exact) mass is 381 g/mol. The van der Waals surface area contributed by atoms with Gasteiger partial charge in [0, 0.05) is 6.54 Å². The van der Waals surface area contributed by atoms with Gasteiger partial charge in [-0.05, 0) is 54.3 Å². The average molecular weight is 381 g/mol. The summed E-state index contributed by atoms with van der Waals surface area (Å²) >= 11 is 0. The molecule has 0 aliphatic heterocycles. The highest BCUT2D eigenvalue weighted by molar-refractivity contribution is 7.89. The lowest BCUT2D eigenvalue weighted by Crippen LogP contribution is -2.25. The molecule has 0 heterocycles. The van der Waals surface area contributed by atoms with E-state index in [0.717, 1.165) is 6.42 Å². The third kappa shape index (κ3) is 5.42. The first-order valence-corrected chi connectivity index (χ1v) is 10.4. The summed E-state index contributed by atoms with van der Waals surface area (Å²) in [7, 11) is -3.53. The maximum absolute atomic E-state index is 12.5. The summed E-state index contributed by atoms with van der Waals surface area (Å²) < 4.78 is 33.3. The van der Waals surface area contributed by atoms with Gasteiger partial charge in [-0.15, -0.1) is 0 Å². The first-order valence-electron chi connectivity index (χ1n) is 8.92. The molecule has 0 bridgehead atoms. The largest absolute Gasteiger partial charge is 0.457 e. The van der Waals surface area contributed by atoms with E-state index in [0.29, 0.717) is 18.0 Å². The second-order valence-electron chi connectivity index (χ2n) is 6.38. The van der Waals surface area contributed by atoms with Crippen LogP contribution in [0.25, 0.3) is 0 Å². The highest BCUT2D eigenvalue weighted by atomic mass is 32.2. The molecule has 1 unspecified atom stereocenters. The van der Waals surface area contributed by atoms with Crippen LogP contribution in [0.5, 0.6) is 11.5 Å². The molecule has 0 radical (unpaired) electrons. The van der Waals surface area contributed by atoms with Crippen LogP contribution in [0, 0.1) is 0 Å². The minimum absolute atomic E-state index is 0.232. The van der Waals surface area contributed by atoms with Gasteiger partial charge in [-0.1, -0.05) is 55.5 Å². The van der Waals surface area contributed by atoms with E-state index in [1.807, 2.05) is 48.5 Å².